The van der Waals surface area contributed by atoms with Crippen molar-refractivity contribution in [2.45, 2.75) is 65.0 Å². The molecule has 1 fully saturated rings. The topological polar surface area (TPSA) is 109 Å². The van der Waals surface area contributed by atoms with Crippen LogP contribution in [0.15, 0.2) is 15.6 Å². The monoisotopic (exact) mass is 506 g/mol. The van der Waals surface area contributed by atoms with Crippen molar-refractivity contribution in [3.8, 4) is 0 Å². The molecule has 0 aromatic carbocycles. The lowest BCUT2D eigenvalue weighted by atomic mass is 9.99. The van der Waals surface area contributed by atoms with Gasteiger partial charge < -0.3 is 20.9 Å². The van der Waals surface area contributed by atoms with Gasteiger partial charge in [0.05, 0.1) is 12.2 Å². The summed E-state index contributed by atoms with van der Waals surface area (Å²) in [5, 5.41) is 11.0. The van der Waals surface area contributed by atoms with Gasteiger partial charge in [0, 0.05) is 37.7 Å². The van der Waals surface area contributed by atoms with E-state index in [9.17, 15) is 4.79 Å². The van der Waals surface area contributed by atoms with Crippen molar-refractivity contribution < 1.29 is 9.32 Å². The Hall–Kier alpha value is -1.36. The largest absolute Gasteiger partial charge is 0.369 e. The fourth-order valence-corrected chi connectivity index (χ4v) is 3.43. The van der Waals surface area contributed by atoms with E-state index < -0.39 is 0 Å². The van der Waals surface area contributed by atoms with Gasteiger partial charge in [-0.3, -0.25) is 9.69 Å². The van der Waals surface area contributed by atoms with Gasteiger partial charge in [-0.15, -0.1) is 24.0 Å². The maximum atomic E-state index is 11.0. The summed E-state index contributed by atoms with van der Waals surface area (Å²) in [6.07, 6.45) is 4.03. The average molecular weight is 506 g/mol. The van der Waals surface area contributed by atoms with E-state index >= 15 is 0 Å². The van der Waals surface area contributed by atoms with Crippen LogP contribution in [0.4, 0.5) is 0 Å². The zero-order valence-corrected chi connectivity index (χ0v) is 19.6. The molecule has 2 rings (SSSR count). The maximum absolute atomic E-state index is 11.0. The van der Waals surface area contributed by atoms with E-state index in [0.29, 0.717) is 25.0 Å². The van der Waals surface area contributed by atoms with Crippen LogP contribution in [0, 0.1) is 0 Å². The summed E-state index contributed by atoms with van der Waals surface area (Å²) in [6.45, 7) is 9.70. The number of hydrogen-bond donors (Lipinski definition) is 3. The molecule has 0 unspecified atom stereocenters. The summed E-state index contributed by atoms with van der Waals surface area (Å²) in [4.78, 5) is 17.8. The number of primary amides is 1. The second kappa shape index (κ2) is 13.0. The number of nitrogens with one attached hydrogen (secondary N) is 2. The molecule has 1 amide bonds. The third kappa shape index (κ3) is 7.94. The minimum absolute atomic E-state index is 0. The molecular formula is C19H35IN6O2. The maximum Gasteiger partial charge on any atom is 0.231 e. The Balaban J connectivity index is 0.00000392. The molecule has 0 aliphatic carbocycles. The van der Waals surface area contributed by atoms with E-state index in [4.69, 9.17) is 10.3 Å². The van der Waals surface area contributed by atoms with Gasteiger partial charge in [0.15, 0.2) is 11.7 Å². The molecule has 1 aromatic rings. The minimum atomic E-state index is -0.267. The van der Waals surface area contributed by atoms with Gasteiger partial charge in [0.2, 0.25) is 5.91 Å². The first-order valence-corrected chi connectivity index (χ1v) is 10.1. The van der Waals surface area contributed by atoms with Crippen molar-refractivity contribution in [1.82, 2.24) is 20.7 Å². The number of rotatable bonds is 9. The van der Waals surface area contributed by atoms with E-state index in [1.165, 1.54) is 0 Å². The molecule has 160 valence electrons. The van der Waals surface area contributed by atoms with Crippen LogP contribution < -0.4 is 16.4 Å². The van der Waals surface area contributed by atoms with E-state index in [1.807, 2.05) is 13.0 Å². The summed E-state index contributed by atoms with van der Waals surface area (Å²) in [5.74, 6) is 1.75. The number of piperidine rings is 1. The molecule has 1 aliphatic rings. The summed E-state index contributed by atoms with van der Waals surface area (Å²) < 4.78 is 5.46. The Labute approximate surface area is 185 Å². The summed E-state index contributed by atoms with van der Waals surface area (Å²) >= 11 is 0. The second-order valence-corrected chi connectivity index (χ2v) is 7.09. The van der Waals surface area contributed by atoms with Gasteiger partial charge in [-0.1, -0.05) is 19.0 Å². The summed E-state index contributed by atoms with van der Waals surface area (Å²) in [5.41, 5.74) is 6.29. The van der Waals surface area contributed by atoms with Gasteiger partial charge in [-0.05, 0) is 32.6 Å². The number of amides is 1. The van der Waals surface area contributed by atoms with Crippen molar-refractivity contribution >= 4 is 35.8 Å². The van der Waals surface area contributed by atoms with Gasteiger partial charge in [0.1, 0.15) is 6.54 Å². The number of guanidine groups is 1. The number of aliphatic imine (C=N–C) groups is 1. The highest BCUT2D eigenvalue weighted by Gasteiger charge is 2.21. The molecule has 1 aliphatic heterocycles. The number of halogens is 1. The third-order valence-corrected chi connectivity index (χ3v) is 5.03. The number of carbonyl (C=O) groups is 1. The zero-order valence-electron chi connectivity index (χ0n) is 17.2. The minimum Gasteiger partial charge on any atom is -0.369 e. The highest BCUT2D eigenvalue weighted by Crippen LogP contribution is 2.22. The fraction of sp³-hybridized carbons (Fsp3) is 0.737. The lowest BCUT2D eigenvalue weighted by molar-refractivity contribution is -0.119. The standard InChI is InChI=1S/C19H34N6O2.HI/c1-4-14(5-2)17-11-16(27-24-17)12-22-19(21-6-3)23-15-7-9-25(10-8-15)13-18(20)26;/h11,14-15H,4-10,12-13H2,1-3H3,(H2,20,26)(H2,21,22,23);1H. The van der Waals surface area contributed by atoms with E-state index in [0.717, 1.165) is 62.7 Å². The molecule has 0 spiro atoms. The van der Waals surface area contributed by atoms with Crippen LogP contribution in [0.25, 0.3) is 0 Å². The normalized spacial score (nSPS) is 16.1. The predicted molar refractivity (Wildman–Crippen MR) is 122 cm³/mol. The molecule has 1 saturated heterocycles. The molecule has 0 saturated carbocycles. The fourth-order valence-electron chi connectivity index (χ4n) is 3.43. The Bertz CT molecular complexity index is 609. The van der Waals surface area contributed by atoms with Crippen molar-refractivity contribution in [2.75, 3.05) is 26.2 Å². The first kappa shape index (κ1) is 24.7. The predicted octanol–water partition coefficient (Wildman–Crippen LogP) is 2.20. The molecule has 4 N–H and O–H groups in total. The number of aromatic nitrogens is 1. The Kier molecular flexibility index (Phi) is 11.4. The third-order valence-electron chi connectivity index (χ3n) is 5.03. The highest BCUT2D eigenvalue weighted by molar-refractivity contribution is 14.0. The van der Waals surface area contributed by atoms with Gasteiger partial charge in [0.25, 0.3) is 0 Å². The second-order valence-electron chi connectivity index (χ2n) is 7.09. The number of likely N-dealkylation sites (tertiary alicyclic amines) is 1. The first-order valence-electron chi connectivity index (χ1n) is 10.1. The molecule has 0 bridgehead atoms. The van der Waals surface area contributed by atoms with E-state index in [2.05, 4.69) is 39.5 Å². The van der Waals surface area contributed by atoms with E-state index in [1.54, 1.807) is 0 Å². The average Bonchev–Trinajstić information content (AvgIpc) is 3.11. The smallest absolute Gasteiger partial charge is 0.231 e. The molecular weight excluding hydrogens is 471 g/mol. The van der Waals surface area contributed by atoms with Crippen LogP contribution >= 0.6 is 24.0 Å². The number of carbonyl (C=O) groups excluding carboxylic acids is 1. The van der Waals surface area contributed by atoms with Crippen LogP contribution in [-0.4, -0.2) is 54.1 Å². The van der Waals surface area contributed by atoms with Crippen LogP contribution in [0.2, 0.25) is 0 Å². The van der Waals surface area contributed by atoms with Crippen molar-refractivity contribution in [1.29, 1.82) is 0 Å². The number of nitrogens with zero attached hydrogens (tertiary/aromatic N) is 3. The molecule has 0 radical (unpaired) electrons. The quantitative estimate of drug-likeness (QED) is 0.269. The van der Waals surface area contributed by atoms with Crippen LogP contribution in [0.5, 0.6) is 0 Å². The Morgan fingerprint density at radius 1 is 1.36 bits per heavy atom. The molecule has 28 heavy (non-hydrogen) atoms. The van der Waals surface area contributed by atoms with Crippen molar-refractivity contribution in [3.05, 3.63) is 17.5 Å². The van der Waals surface area contributed by atoms with E-state index in [-0.39, 0.29) is 29.9 Å². The highest BCUT2D eigenvalue weighted by atomic mass is 127. The van der Waals surface area contributed by atoms with Crippen LogP contribution in [0.1, 0.15) is 63.8 Å². The lowest BCUT2D eigenvalue weighted by Gasteiger charge is -2.32. The molecule has 8 nitrogen and oxygen atoms in total. The molecule has 2 heterocycles. The van der Waals surface area contributed by atoms with Gasteiger partial charge in [-0.25, -0.2) is 4.99 Å². The first-order chi connectivity index (χ1) is 13.0. The SMILES string of the molecule is CCNC(=NCc1cc(C(CC)CC)no1)NC1CCN(CC(N)=O)CC1.I. The van der Waals surface area contributed by atoms with Crippen molar-refractivity contribution in [3.63, 3.8) is 0 Å². The Morgan fingerprint density at radius 2 is 2.04 bits per heavy atom. The molecule has 9 heteroatoms. The van der Waals surface area contributed by atoms with Crippen LogP contribution in [0.3, 0.4) is 0 Å². The Morgan fingerprint density at radius 3 is 2.61 bits per heavy atom. The summed E-state index contributed by atoms with van der Waals surface area (Å²) in [6, 6.07) is 2.36. The number of hydrogen-bond acceptors (Lipinski definition) is 5. The molecule has 0 atom stereocenters. The molecule has 1 aromatic heterocycles. The van der Waals surface area contributed by atoms with Crippen molar-refractivity contribution in [2.24, 2.45) is 10.7 Å². The van der Waals surface area contributed by atoms with Gasteiger partial charge >= 0.3 is 0 Å². The lowest BCUT2D eigenvalue weighted by Crippen LogP contribution is -2.49. The van der Waals surface area contributed by atoms with Crippen LogP contribution in [-0.2, 0) is 11.3 Å². The summed E-state index contributed by atoms with van der Waals surface area (Å²) in [7, 11) is 0. The van der Waals surface area contributed by atoms with Gasteiger partial charge in [-0.2, -0.15) is 0 Å². The number of nitrogens with two attached hydrogens (primary N) is 1. The zero-order chi connectivity index (χ0) is 19.6.